The molecule has 1 spiro atoms. The minimum atomic E-state index is 0.591. The Kier molecular flexibility index (Phi) is 3.25. The van der Waals surface area contributed by atoms with Gasteiger partial charge in [0.25, 0.3) is 0 Å². The molecule has 1 aliphatic heterocycles. The number of hydrogen-bond donors (Lipinski definition) is 1. The molecule has 1 N–H and O–H groups in total. The first kappa shape index (κ1) is 13.0. The summed E-state index contributed by atoms with van der Waals surface area (Å²) in [7, 11) is 0. The first-order valence-electron chi connectivity index (χ1n) is 8.24. The van der Waals surface area contributed by atoms with Gasteiger partial charge in [-0.3, -0.25) is 0 Å². The molecule has 1 nitrogen and oxygen atoms in total. The smallest absolute Gasteiger partial charge is 0.00124 e. The molecule has 3 unspecified atom stereocenters. The van der Waals surface area contributed by atoms with E-state index in [0.717, 1.165) is 17.8 Å². The first-order chi connectivity index (χ1) is 8.54. The van der Waals surface area contributed by atoms with Crippen molar-refractivity contribution in [2.45, 2.75) is 65.7 Å². The van der Waals surface area contributed by atoms with E-state index in [4.69, 9.17) is 0 Å². The summed E-state index contributed by atoms with van der Waals surface area (Å²) in [6.45, 7) is 10.1. The molecule has 1 heterocycles. The second-order valence-electron chi connectivity index (χ2n) is 8.28. The Labute approximate surface area is 113 Å². The largest absolute Gasteiger partial charge is 0.316 e. The van der Waals surface area contributed by atoms with Gasteiger partial charge in [0, 0.05) is 0 Å². The quantitative estimate of drug-likeness (QED) is 0.733. The molecule has 0 aromatic heterocycles. The van der Waals surface area contributed by atoms with Gasteiger partial charge in [-0.2, -0.15) is 0 Å². The molecule has 3 aliphatic rings. The average Bonchev–Trinajstić information content (AvgIpc) is 2.87. The van der Waals surface area contributed by atoms with Crippen LogP contribution in [0.15, 0.2) is 0 Å². The van der Waals surface area contributed by atoms with Crippen molar-refractivity contribution in [3.05, 3.63) is 0 Å². The van der Waals surface area contributed by atoms with Crippen LogP contribution in [0.1, 0.15) is 65.7 Å². The fraction of sp³-hybridized carbons (Fsp3) is 1.00. The summed E-state index contributed by atoms with van der Waals surface area (Å²) < 4.78 is 0. The highest BCUT2D eigenvalue weighted by molar-refractivity contribution is 5.05. The van der Waals surface area contributed by atoms with E-state index >= 15 is 0 Å². The van der Waals surface area contributed by atoms with Gasteiger partial charge >= 0.3 is 0 Å². The average molecular weight is 249 g/mol. The van der Waals surface area contributed by atoms with Crippen molar-refractivity contribution in [1.82, 2.24) is 5.32 Å². The lowest BCUT2D eigenvalue weighted by Crippen LogP contribution is -2.49. The third-order valence-corrected chi connectivity index (χ3v) is 6.49. The highest BCUT2D eigenvalue weighted by Gasteiger charge is 2.54. The summed E-state index contributed by atoms with van der Waals surface area (Å²) in [6.07, 6.45) is 10.4. The van der Waals surface area contributed by atoms with E-state index in [-0.39, 0.29) is 0 Å². The summed E-state index contributed by atoms with van der Waals surface area (Å²) in [5.41, 5.74) is 1.28. The fourth-order valence-corrected chi connectivity index (χ4v) is 5.96. The lowest BCUT2D eigenvalue weighted by atomic mass is 9.60. The van der Waals surface area contributed by atoms with Crippen LogP contribution in [0.4, 0.5) is 0 Å². The van der Waals surface area contributed by atoms with Gasteiger partial charge < -0.3 is 5.32 Å². The van der Waals surface area contributed by atoms with Gasteiger partial charge in [0.1, 0.15) is 0 Å². The van der Waals surface area contributed by atoms with Crippen LogP contribution in [0.3, 0.4) is 0 Å². The molecule has 18 heavy (non-hydrogen) atoms. The van der Waals surface area contributed by atoms with Crippen LogP contribution in [-0.2, 0) is 0 Å². The molecule has 0 aromatic carbocycles. The predicted molar refractivity (Wildman–Crippen MR) is 77.5 cm³/mol. The maximum absolute atomic E-state index is 3.71. The summed E-state index contributed by atoms with van der Waals surface area (Å²) in [5, 5.41) is 3.71. The Morgan fingerprint density at radius 3 is 2.44 bits per heavy atom. The molecule has 2 aliphatic carbocycles. The maximum atomic E-state index is 3.71. The van der Waals surface area contributed by atoms with Gasteiger partial charge in [-0.15, -0.1) is 0 Å². The van der Waals surface area contributed by atoms with Gasteiger partial charge in [0.05, 0.1) is 0 Å². The highest BCUT2D eigenvalue weighted by atomic mass is 14.9. The summed E-state index contributed by atoms with van der Waals surface area (Å²) in [5.74, 6) is 2.96. The van der Waals surface area contributed by atoms with Crippen molar-refractivity contribution in [3.63, 3.8) is 0 Å². The zero-order valence-corrected chi connectivity index (χ0v) is 12.6. The SMILES string of the molecule is CC1CC(C)(C)CC12CCNCC2C1CCCC1. The Bertz CT molecular complexity index is 303. The number of hydrogen-bond acceptors (Lipinski definition) is 1. The van der Waals surface area contributed by atoms with Gasteiger partial charge in [-0.05, 0) is 60.9 Å². The normalized spacial score (nSPS) is 44.8. The highest BCUT2D eigenvalue weighted by Crippen LogP contribution is 2.61. The van der Waals surface area contributed by atoms with Gasteiger partial charge in [-0.25, -0.2) is 0 Å². The maximum Gasteiger partial charge on any atom is -0.00124 e. The molecular weight excluding hydrogens is 218 g/mol. The van der Waals surface area contributed by atoms with Crippen molar-refractivity contribution >= 4 is 0 Å². The van der Waals surface area contributed by atoms with Gasteiger partial charge in [-0.1, -0.05) is 46.5 Å². The second-order valence-corrected chi connectivity index (χ2v) is 8.28. The van der Waals surface area contributed by atoms with Crippen LogP contribution in [0, 0.1) is 28.6 Å². The van der Waals surface area contributed by atoms with Crippen LogP contribution >= 0.6 is 0 Å². The number of piperidine rings is 1. The summed E-state index contributed by atoms with van der Waals surface area (Å²) in [6, 6.07) is 0. The van der Waals surface area contributed by atoms with E-state index in [1.807, 2.05) is 0 Å². The van der Waals surface area contributed by atoms with Crippen LogP contribution in [0.25, 0.3) is 0 Å². The van der Waals surface area contributed by atoms with Gasteiger partial charge in [0.15, 0.2) is 0 Å². The fourth-order valence-electron chi connectivity index (χ4n) is 5.96. The molecule has 0 aromatic rings. The second kappa shape index (κ2) is 4.51. The third kappa shape index (κ3) is 2.03. The molecular formula is C17H31N. The van der Waals surface area contributed by atoms with E-state index in [1.54, 1.807) is 0 Å². The van der Waals surface area contributed by atoms with Crippen molar-refractivity contribution < 1.29 is 0 Å². The van der Waals surface area contributed by atoms with Crippen molar-refractivity contribution in [2.24, 2.45) is 28.6 Å². The Morgan fingerprint density at radius 1 is 1.11 bits per heavy atom. The predicted octanol–water partition coefficient (Wildman–Crippen LogP) is 4.23. The Hall–Kier alpha value is -0.0400. The minimum Gasteiger partial charge on any atom is -0.316 e. The third-order valence-electron chi connectivity index (χ3n) is 6.49. The van der Waals surface area contributed by atoms with Crippen LogP contribution in [-0.4, -0.2) is 13.1 Å². The number of nitrogens with one attached hydrogen (secondary N) is 1. The lowest BCUT2D eigenvalue weighted by Gasteiger charge is -2.48. The monoisotopic (exact) mass is 249 g/mol. The van der Waals surface area contributed by atoms with Crippen molar-refractivity contribution in [2.75, 3.05) is 13.1 Å². The Morgan fingerprint density at radius 2 is 1.83 bits per heavy atom. The zero-order valence-electron chi connectivity index (χ0n) is 12.6. The van der Waals surface area contributed by atoms with E-state index in [0.29, 0.717) is 10.8 Å². The minimum absolute atomic E-state index is 0.591. The van der Waals surface area contributed by atoms with E-state index in [9.17, 15) is 0 Å². The van der Waals surface area contributed by atoms with Crippen LogP contribution in [0.2, 0.25) is 0 Å². The van der Waals surface area contributed by atoms with Crippen molar-refractivity contribution in [1.29, 1.82) is 0 Å². The number of rotatable bonds is 1. The Balaban J connectivity index is 1.86. The molecule has 3 rings (SSSR count). The molecule has 0 radical (unpaired) electrons. The summed E-state index contributed by atoms with van der Waals surface area (Å²) in [4.78, 5) is 0. The van der Waals surface area contributed by atoms with Crippen LogP contribution < -0.4 is 5.32 Å². The van der Waals surface area contributed by atoms with E-state index in [1.165, 1.54) is 58.0 Å². The van der Waals surface area contributed by atoms with Crippen LogP contribution in [0.5, 0.6) is 0 Å². The lowest BCUT2D eigenvalue weighted by molar-refractivity contribution is 0.0235. The first-order valence-corrected chi connectivity index (χ1v) is 8.24. The van der Waals surface area contributed by atoms with Crippen molar-refractivity contribution in [3.8, 4) is 0 Å². The zero-order chi connectivity index (χ0) is 12.8. The van der Waals surface area contributed by atoms with Gasteiger partial charge in [0.2, 0.25) is 0 Å². The molecule has 0 amide bonds. The van der Waals surface area contributed by atoms with E-state index < -0.39 is 0 Å². The molecule has 1 heteroatoms. The topological polar surface area (TPSA) is 12.0 Å². The molecule has 1 saturated heterocycles. The molecule has 2 saturated carbocycles. The summed E-state index contributed by atoms with van der Waals surface area (Å²) >= 11 is 0. The van der Waals surface area contributed by atoms with E-state index in [2.05, 4.69) is 26.1 Å². The molecule has 3 atom stereocenters. The standard InChI is InChI=1S/C17H31N/c1-13-10-16(2,3)12-17(13)8-9-18-11-15(17)14-6-4-5-7-14/h13-15,18H,4-12H2,1-3H3. The molecule has 0 bridgehead atoms. The molecule has 104 valence electrons. The molecule has 3 fully saturated rings.